The first-order chi connectivity index (χ1) is 7.76. The standard InChI is InChI=1S/C12H16O4/c1-8-6-9(13-2)7-10(14-3)11(8)12-15-4-5-16-12/h6-7,12H,4-5H2,1-3H3. The van der Waals surface area contributed by atoms with Crippen molar-refractivity contribution in [1.29, 1.82) is 0 Å². The van der Waals surface area contributed by atoms with Crippen molar-refractivity contribution in [3.63, 3.8) is 0 Å². The largest absolute Gasteiger partial charge is 0.497 e. The van der Waals surface area contributed by atoms with Gasteiger partial charge in [0.25, 0.3) is 0 Å². The lowest BCUT2D eigenvalue weighted by Gasteiger charge is -2.17. The Hall–Kier alpha value is -1.26. The Morgan fingerprint density at radius 2 is 1.81 bits per heavy atom. The minimum absolute atomic E-state index is 0.319. The molecular weight excluding hydrogens is 208 g/mol. The number of hydrogen-bond donors (Lipinski definition) is 0. The van der Waals surface area contributed by atoms with Crippen molar-refractivity contribution in [1.82, 2.24) is 0 Å². The zero-order valence-corrected chi connectivity index (χ0v) is 9.78. The Bertz CT molecular complexity index is 370. The van der Waals surface area contributed by atoms with Crippen LogP contribution in [0.2, 0.25) is 0 Å². The molecule has 4 nitrogen and oxygen atoms in total. The maximum absolute atomic E-state index is 5.49. The molecule has 0 bridgehead atoms. The van der Waals surface area contributed by atoms with Gasteiger partial charge in [-0.25, -0.2) is 0 Å². The summed E-state index contributed by atoms with van der Waals surface area (Å²) in [4.78, 5) is 0. The van der Waals surface area contributed by atoms with E-state index in [1.54, 1.807) is 14.2 Å². The monoisotopic (exact) mass is 224 g/mol. The van der Waals surface area contributed by atoms with Crippen LogP contribution in [0.15, 0.2) is 12.1 Å². The van der Waals surface area contributed by atoms with E-state index in [0.29, 0.717) is 13.2 Å². The highest BCUT2D eigenvalue weighted by Gasteiger charge is 2.24. The van der Waals surface area contributed by atoms with Crippen LogP contribution in [0, 0.1) is 6.92 Å². The van der Waals surface area contributed by atoms with Crippen molar-refractivity contribution in [3.05, 3.63) is 23.3 Å². The summed E-state index contributed by atoms with van der Waals surface area (Å²) in [6, 6.07) is 3.79. The van der Waals surface area contributed by atoms with Gasteiger partial charge >= 0.3 is 0 Å². The highest BCUT2D eigenvalue weighted by atomic mass is 16.7. The Kier molecular flexibility index (Phi) is 3.31. The van der Waals surface area contributed by atoms with Gasteiger partial charge in [0.2, 0.25) is 0 Å². The molecular formula is C12H16O4. The predicted molar refractivity (Wildman–Crippen MR) is 58.9 cm³/mol. The van der Waals surface area contributed by atoms with E-state index in [1.165, 1.54) is 0 Å². The van der Waals surface area contributed by atoms with E-state index < -0.39 is 0 Å². The normalized spacial score (nSPS) is 16.4. The second kappa shape index (κ2) is 4.72. The third-order valence-corrected chi connectivity index (χ3v) is 2.64. The molecule has 88 valence electrons. The molecule has 4 heteroatoms. The van der Waals surface area contributed by atoms with Crippen LogP contribution in [-0.4, -0.2) is 27.4 Å². The molecule has 0 N–H and O–H groups in total. The molecule has 2 rings (SSSR count). The summed E-state index contributed by atoms with van der Waals surface area (Å²) in [6.07, 6.45) is -0.319. The lowest BCUT2D eigenvalue weighted by molar-refractivity contribution is -0.0459. The third-order valence-electron chi connectivity index (χ3n) is 2.64. The van der Waals surface area contributed by atoms with Crippen molar-refractivity contribution in [2.24, 2.45) is 0 Å². The van der Waals surface area contributed by atoms with Crippen LogP contribution in [0.4, 0.5) is 0 Å². The summed E-state index contributed by atoms with van der Waals surface area (Å²) in [5.74, 6) is 1.51. The van der Waals surface area contributed by atoms with Crippen LogP contribution in [0.25, 0.3) is 0 Å². The Morgan fingerprint density at radius 3 is 2.38 bits per heavy atom. The molecule has 0 atom stereocenters. The molecule has 1 saturated heterocycles. The average Bonchev–Trinajstić information content (AvgIpc) is 2.81. The van der Waals surface area contributed by atoms with Crippen molar-refractivity contribution in [2.75, 3.05) is 27.4 Å². The van der Waals surface area contributed by atoms with Gasteiger partial charge in [0.1, 0.15) is 11.5 Å². The number of aryl methyl sites for hydroxylation is 1. The summed E-state index contributed by atoms with van der Waals surface area (Å²) < 4.78 is 21.5. The molecule has 16 heavy (non-hydrogen) atoms. The Morgan fingerprint density at radius 1 is 1.12 bits per heavy atom. The fraction of sp³-hybridized carbons (Fsp3) is 0.500. The van der Waals surface area contributed by atoms with E-state index in [9.17, 15) is 0 Å². The van der Waals surface area contributed by atoms with Gasteiger partial charge in [0.15, 0.2) is 6.29 Å². The van der Waals surface area contributed by atoms with E-state index in [1.807, 2.05) is 19.1 Å². The van der Waals surface area contributed by atoms with Crippen LogP contribution in [0.5, 0.6) is 11.5 Å². The summed E-state index contributed by atoms with van der Waals surface area (Å²) in [7, 11) is 3.27. The van der Waals surface area contributed by atoms with Crippen LogP contribution in [0.1, 0.15) is 17.4 Å². The molecule has 0 aromatic heterocycles. The smallest absolute Gasteiger partial charge is 0.187 e. The SMILES string of the molecule is COc1cc(C)c(C2OCCO2)c(OC)c1. The number of ether oxygens (including phenoxy) is 4. The van der Waals surface area contributed by atoms with Gasteiger partial charge in [-0.05, 0) is 18.6 Å². The van der Waals surface area contributed by atoms with Crippen LogP contribution in [-0.2, 0) is 9.47 Å². The molecule has 0 saturated carbocycles. The number of methoxy groups -OCH3 is 2. The molecule has 1 fully saturated rings. The first-order valence-corrected chi connectivity index (χ1v) is 5.22. The Balaban J connectivity index is 2.41. The maximum Gasteiger partial charge on any atom is 0.187 e. The Labute approximate surface area is 95.1 Å². The third kappa shape index (κ3) is 1.99. The van der Waals surface area contributed by atoms with E-state index in [-0.39, 0.29) is 6.29 Å². The molecule has 0 radical (unpaired) electrons. The molecule has 1 aliphatic rings. The molecule has 0 amide bonds. The van der Waals surface area contributed by atoms with E-state index in [2.05, 4.69) is 0 Å². The van der Waals surface area contributed by atoms with Gasteiger partial charge in [0.05, 0.1) is 33.0 Å². The van der Waals surface area contributed by atoms with Crippen molar-refractivity contribution >= 4 is 0 Å². The summed E-state index contributed by atoms with van der Waals surface area (Å²) in [6.45, 7) is 3.24. The van der Waals surface area contributed by atoms with Crippen molar-refractivity contribution in [3.8, 4) is 11.5 Å². The minimum Gasteiger partial charge on any atom is -0.497 e. The number of benzene rings is 1. The van der Waals surface area contributed by atoms with Gasteiger partial charge in [0, 0.05) is 6.07 Å². The minimum atomic E-state index is -0.319. The van der Waals surface area contributed by atoms with E-state index in [4.69, 9.17) is 18.9 Å². The summed E-state index contributed by atoms with van der Waals surface area (Å²) >= 11 is 0. The zero-order chi connectivity index (χ0) is 11.5. The maximum atomic E-state index is 5.49. The molecule has 0 unspecified atom stereocenters. The van der Waals surface area contributed by atoms with Crippen LogP contribution in [0.3, 0.4) is 0 Å². The summed E-state index contributed by atoms with van der Waals surface area (Å²) in [5.41, 5.74) is 1.99. The number of hydrogen-bond acceptors (Lipinski definition) is 4. The van der Waals surface area contributed by atoms with Gasteiger partial charge in [-0.1, -0.05) is 0 Å². The molecule has 1 aliphatic heterocycles. The second-order valence-electron chi connectivity index (χ2n) is 3.63. The zero-order valence-electron chi connectivity index (χ0n) is 9.78. The first kappa shape index (κ1) is 11.2. The highest BCUT2D eigenvalue weighted by Crippen LogP contribution is 2.36. The summed E-state index contributed by atoms with van der Waals surface area (Å²) in [5, 5.41) is 0. The van der Waals surface area contributed by atoms with E-state index in [0.717, 1.165) is 22.6 Å². The van der Waals surface area contributed by atoms with Gasteiger partial charge in [-0.15, -0.1) is 0 Å². The van der Waals surface area contributed by atoms with Gasteiger partial charge in [-0.3, -0.25) is 0 Å². The highest BCUT2D eigenvalue weighted by molar-refractivity contribution is 5.47. The average molecular weight is 224 g/mol. The molecule has 1 aromatic carbocycles. The molecule has 0 spiro atoms. The topological polar surface area (TPSA) is 36.9 Å². The fourth-order valence-corrected chi connectivity index (χ4v) is 1.85. The van der Waals surface area contributed by atoms with Gasteiger partial charge in [-0.2, -0.15) is 0 Å². The lowest BCUT2D eigenvalue weighted by Crippen LogP contribution is -2.04. The van der Waals surface area contributed by atoms with Gasteiger partial charge < -0.3 is 18.9 Å². The molecule has 0 aliphatic carbocycles. The lowest BCUT2D eigenvalue weighted by atomic mass is 10.1. The first-order valence-electron chi connectivity index (χ1n) is 5.22. The number of rotatable bonds is 3. The fourth-order valence-electron chi connectivity index (χ4n) is 1.85. The van der Waals surface area contributed by atoms with Crippen molar-refractivity contribution in [2.45, 2.75) is 13.2 Å². The molecule has 1 heterocycles. The van der Waals surface area contributed by atoms with E-state index >= 15 is 0 Å². The van der Waals surface area contributed by atoms with Crippen molar-refractivity contribution < 1.29 is 18.9 Å². The van der Waals surface area contributed by atoms with Crippen LogP contribution >= 0.6 is 0 Å². The predicted octanol–water partition coefficient (Wildman–Crippen LogP) is 2.06. The quantitative estimate of drug-likeness (QED) is 0.787. The second-order valence-corrected chi connectivity index (χ2v) is 3.63. The molecule has 1 aromatic rings. The van der Waals surface area contributed by atoms with Crippen LogP contribution < -0.4 is 9.47 Å².